The van der Waals surface area contributed by atoms with Crippen molar-refractivity contribution in [3.63, 3.8) is 0 Å². The van der Waals surface area contributed by atoms with Gasteiger partial charge in [-0.2, -0.15) is 5.26 Å². The molecule has 156 valence electrons. The Bertz CT molecular complexity index is 1200. The van der Waals surface area contributed by atoms with Crippen molar-refractivity contribution in [3.05, 3.63) is 65.0 Å². The lowest BCUT2D eigenvalue weighted by Gasteiger charge is -2.26. The minimum atomic E-state index is -2.88. The summed E-state index contributed by atoms with van der Waals surface area (Å²) in [6.45, 7) is 0.415. The fourth-order valence-electron chi connectivity index (χ4n) is 3.18. The molecule has 0 saturated carbocycles. The number of carboxylic acids is 2. The van der Waals surface area contributed by atoms with Crippen LogP contribution in [0.4, 0.5) is 10.1 Å². The number of amides is 1. The molecule has 0 spiro atoms. The van der Waals surface area contributed by atoms with Crippen LogP contribution in [0.5, 0.6) is 0 Å². The first-order valence-electron chi connectivity index (χ1n) is 8.88. The molecule has 1 heterocycles. The van der Waals surface area contributed by atoms with E-state index < -0.39 is 41.5 Å². The average Bonchev–Trinajstić information content (AvgIpc) is 2.91. The molecule has 0 unspecified atom stereocenters. The second kappa shape index (κ2) is 8.16. The van der Waals surface area contributed by atoms with Crippen molar-refractivity contribution >= 4 is 35.0 Å². The molecular formula is C21H15FN4O5. The fourth-order valence-corrected chi connectivity index (χ4v) is 3.18. The number of benzene rings is 2. The Kier molecular flexibility index (Phi) is 5.61. The molecule has 0 fully saturated rings. The third kappa shape index (κ3) is 3.76. The lowest BCUT2D eigenvalue weighted by atomic mass is 9.92. The Morgan fingerprint density at radius 2 is 1.81 bits per heavy atom. The minimum absolute atomic E-state index is 0.0612. The lowest BCUT2D eigenvalue weighted by Crippen LogP contribution is -2.65. The van der Waals surface area contributed by atoms with Crippen LogP contribution in [0.1, 0.15) is 23.6 Å². The van der Waals surface area contributed by atoms with Crippen LogP contribution >= 0.6 is 0 Å². The van der Waals surface area contributed by atoms with Crippen molar-refractivity contribution in [3.8, 4) is 6.07 Å². The summed E-state index contributed by atoms with van der Waals surface area (Å²) in [6, 6.07) is 11.8. The zero-order valence-corrected chi connectivity index (χ0v) is 16.1. The van der Waals surface area contributed by atoms with Gasteiger partial charge in [0.25, 0.3) is 5.54 Å². The summed E-state index contributed by atoms with van der Waals surface area (Å²) in [5, 5.41) is 30.6. The predicted octanol–water partition coefficient (Wildman–Crippen LogP) is 1.66. The minimum Gasteiger partial charge on any atom is -0.479 e. The topological polar surface area (TPSA) is 152 Å². The van der Waals surface area contributed by atoms with Crippen LogP contribution in [0, 0.1) is 17.1 Å². The van der Waals surface area contributed by atoms with E-state index in [1.165, 1.54) is 36.4 Å². The molecule has 2 aromatic carbocycles. The number of nitrogens with one attached hydrogen (secondary N) is 1. The number of fused-ring (bicyclic) bond motifs is 1. The van der Waals surface area contributed by atoms with Gasteiger partial charge in [-0.1, -0.05) is 12.1 Å². The molecular weight excluding hydrogens is 407 g/mol. The van der Waals surface area contributed by atoms with Crippen LogP contribution < -0.4 is 5.32 Å². The summed E-state index contributed by atoms with van der Waals surface area (Å²) in [7, 11) is 0. The van der Waals surface area contributed by atoms with E-state index in [1.54, 1.807) is 6.07 Å². The molecule has 1 aliphatic rings. The predicted molar refractivity (Wildman–Crippen MR) is 107 cm³/mol. The molecule has 31 heavy (non-hydrogen) atoms. The second-order valence-electron chi connectivity index (χ2n) is 6.59. The van der Waals surface area contributed by atoms with Gasteiger partial charge >= 0.3 is 11.9 Å². The van der Waals surface area contributed by atoms with Crippen molar-refractivity contribution in [2.75, 3.05) is 6.54 Å². The van der Waals surface area contributed by atoms with Crippen LogP contribution in [0.2, 0.25) is 0 Å². The number of nitriles is 1. The summed E-state index contributed by atoms with van der Waals surface area (Å²) in [5.41, 5.74) is -2.74. The number of aliphatic imine (C=N–C) groups is 2. The normalized spacial score (nSPS) is 13.1. The average molecular weight is 422 g/mol. The highest BCUT2D eigenvalue weighted by molar-refractivity contribution is 6.30. The van der Waals surface area contributed by atoms with E-state index in [-0.39, 0.29) is 28.1 Å². The van der Waals surface area contributed by atoms with Crippen molar-refractivity contribution in [1.82, 2.24) is 5.32 Å². The van der Waals surface area contributed by atoms with Gasteiger partial charge in [0, 0.05) is 18.1 Å². The first-order valence-corrected chi connectivity index (χ1v) is 8.88. The van der Waals surface area contributed by atoms with Crippen molar-refractivity contribution in [1.29, 1.82) is 5.26 Å². The molecule has 0 saturated heterocycles. The number of rotatable bonds is 5. The monoisotopic (exact) mass is 422 g/mol. The summed E-state index contributed by atoms with van der Waals surface area (Å²) in [4.78, 5) is 44.1. The lowest BCUT2D eigenvalue weighted by molar-refractivity contribution is -0.156. The zero-order chi connectivity index (χ0) is 22.8. The van der Waals surface area contributed by atoms with Gasteiger partial charge in [-0.3, -0.25) is 14.8 Å². The highest BCUT2D eigenvalue weighted by atomic mass is 19.1. The Morgan fingerprint density at radius 1 is 1.13 bits per heavy atom. The van der Waals surface area contributed by atoms with E-state index in [2.05, 4.69) is 9.98 Å². The molecule has 2 aromatic rings. The standard InChI is InChI=1S/C21H15FN4O5/c1-11(27)26-21(19(28)29,20(30)31)17-10-24-18(13-4-2-3-5-15(13)22)14-8-12(9-23)6-7-16(14)25-17/h2-8H,10H2,1H3,(H,26,27)(H,28,29)(H,30,31). The maximum absolute atomic E-state index is 14.5. The van der Waals surface area contributed by atoms with Crippen LogP contribution in [0.3, 0.4) is 0 Å². The molecule has 1 aliphatic heterocycles. The van der Waals surface area contributed by atoms with Gasteiger partial charge < -0.3 is 15.5 Å². The van der Waals surface area contributed by atoms with Crippen LogP contribution in [-0.2, 0) is 14.4 Å². The number of nitrogens with zero attached hydrogens (tertiary/aromatic N) is 3. The summed E-state index contributed by atoms with van der Waals surface area (Å²) >= 11 is 0. The maximum atomic E-state index is 14.5. The van der Waals surface area contributed by atoms with Gasteiger partial charge in [-0.25, -0.2) is 14.0 Å². The van der Waals surface area contributed by atoms with Crippen LogP contribution in [0.15, 0.2) is 52.4 Å². The van der Waals surface area contributed by atoms with Gasteiger partial charge in [0.2, 0.25) is 5.91 Å². The Hall–Kier alpha value is -4.39. The Balaban J connectivity index is 2.32. The summed E-state index contributed by atoms with van der Waals surface area (Å²) in [5.74, 6) is -5.26. The Morgan fingerprint density at radius 3 is 2.39 bits per heavy atom. The third-order valence-electron chi connectivity index (χ3n) is 4.59. The van der Waals surface area contributed by atoms with Crippen molar-refractivity contribution in [2.24, 2.45) is 9.98 Å². The third-order valence-corrected chi connectivity index (χ3v) is 4.59. The number of carbonyl (C=O) groups is 3. The van der Waals surface area contributed by atoms with Gasteiger partial charge in [0.1, 0.15) is 5.82 Å². The molecule has 0 bridgehead atoms. The number of hydrogen-bond acceptors (Lipinski definition) is 6. The fraction of sp³-hybridized carbons (Fsp3) is 0.143. The van der Waals surface area contributed by atoms with E-state index in [1.807, 2.05) is 11.4 Å². The van der Waals surface area contributed by atoms with E-state index in [4.69, 9.17) is 0 Å². The number of hydrogen-bond donors (Lipinski definition) is 3. The first-order chi connectivity index (χ1) is 14.7. The molecule has 9 nitrogen and oxygen atoms in total. The van der Waals surface area contributed by atoms with E-state index in [0.717, 1.165) is 6.92 Å². The number of carbonyl (C=O) groups excluding carboxylic acids is 1. The molecule has 0 aliphatic carbocycles. The molecule has 3 N–H and O–H groups in total. The zero-order valence-electron chi connectivity index (χ0n) is 16.1. The van der Waals surface area contributed by atoms with E-state index in [0.29, 0.717) is 0 Å². The van der Waals surface area contributed by atoms with Crippen LogP contribution in [0.25, 0.3) is 0 Å². The highest BCUT2D eigenvalue weighted by Crippen LogP contribution is 2.29. The highest BCUT2D eigenvalue weighted by Gasteiger charge is 2.53. The quantitative estimate of drug-likeness (QED) is 0.623. The molecule has 10 heteroatoms. The van der Waals surface area contributed by atoms with Gasteiger partial charge in [0.15, 0.2) is 0 Å². The van der Waals surface area contributed by atoms with Crippen molar-refractivity contribution < 1.29 is 29.0 Å². The molecule has 0 radical (unpaired) electrons. The van der Waals surface area contributed by atoms with Gasteiger partial charge in [0.05, 0.1) is 35.3 Å². The van der Waals surface area contributed by atoms with Gasteiger partial charge in [-0.05, 0) is 30.3 Å². The molecule has 0 aromatic heterocycles. The first kappa shape index (κ1) is 21.3. The van der Waals surface area contributed by atoms with Crippen molar-refractivity contribution in [2.45, 2.75) is 12.5 Å². The number of aliphatic carboxylic acids is 2. The Labute approximate surface area is 175 Å². The van der Waals surface area contributed by atoms with Crippen LogP contribution in [-0.4, -0.2) is 51.6 Å². The molecule has 0 atom stereocenters. The largest absolute Gasteiger partial charge is 0.479 e. The summed E-state index contributed by atoms with van der Waals surface area (Å²) in [6.07, 6.45) is 0. The molecule has 3 rings (SSSR count). The second-order valence-corrected chi connectivity index (χ2v) is 6.59. The number of halogens is 1. The maximum Gasteiger partial charge on any atom is 0.347 e. The smallest absolute Gasteiger partial charge is 0.347 e. The number of carboxylic acid groups (broad SMARTS) is 2. The SMILES string of the molecule is CC(=O)NC(C(=O)O)(C(=O)O)C1=Nc2ccc(C#N)cc2C(c2ccccc2F)=NC1. The van der Waals surface area contributed by atoms with Gasteiger partial charge in [-0.15, -0.1) is 0 Å². The molecule has 1 amide bonds. The van der Waals surface area contributed by atoms with E-state index in [9.17, 15) is 34.2 Å². The summed E-state index contributed by atoms with van der Waals surface area (Å²) < 4.78 is 14.5. The van der Waals surface area contributed by atoms with E-state index >= 15 is 0 Å².